The van der Waals surface area contributed by atoms with Crippen molar-refractivity contribution in [3.63, 3.8) is 0 Å². The zero-order chi connectivity index (χ0) is 20.9. The summed E-state index contributed by atoms with van der Waals surface area (Å²) in [4.78, 5) is 22.7. The fourth-order valence-electron chi connectivity index (χ4n) is 2.22. The van der Waals surface area contributed by atoms with E-state index in [4.69, 9.17) is 5.73 Å². The van der Waals surface area contributed by atoms with Crippen LogP contribution < -0.4 is 11.1 Å². The predicted octanol–water partition coefficient (Wildman–Crippen LogP) is 4.81. The van der Waals surface area contributed by atoms with Crippen LogP contribution in [-0.4, -0.2) is 23.6 Å². The van der Waals surface area contributed by atoms with Gasteiger partial charge in [0.1, 0.15) is 6.04 Å². The summed E-state index contributed by atoms with van der Waals surface area (Å²) in [6.07, 6.45) is 28.5. The molecule has 0 saturated heterocycles. The van der Waals surface area contributed by atoms with E-state index in [1.807, 2.05) is 0 Å². The molecular formula is C23H36N2O2S. The zero-order valence-electron chi connectivity index (χ0n) is 17.1. The number of rotatable bonds is 16. The van der Waals surface area contributed by atoms with E-state index in [-0.39, 0.29) is 11.7 Å². The minimum atomic E-state index is -0.690. The molecule has 156 valence electrons. The molecule has 0 radical (unpaired) electrons. The number of primary amides is 1. The lowest BCUT2D eigenvalue weighted by Crippen LogP contribution is -2.45. The van der Waals surface area contributed by atoms with Crippen LogP contribution in [-0.2, 0) is 9.59 Å². The van der Waals surface area contributed by atoms with Gasteiger partial charge in [0.25, 0.3) is 0 Å². The van der Waals surface area contributed by atoms with E-state index >= 15 is 0 Å². The highest BCUT2D eigenvalue weighted by atomic mass is 32.1. The summed E-state index contributed by atoms with van der Waals surface area (Å²) < 4.78 is 0. The Labute approximate surface area is 176 Å². The molecule has 1 atom stereocenters. The number of unbranched alkanes of at least 4 members (excludes halogenated alkanes) is 1. The fraction of sp³-hybridized carbons (Fsp3) is 0.478. The molecule has 28 heavy (non-hydrogen) atoms. The van der Waals surface area contributed by atoms with Crippen molar-refractivity contribution >= 4 is 24.4 Å². The number of carbonyl (C=O) groups excluding carboxylic acids is 2. The van der Waals surface area contributed by atoms with Crippen LogP contribution >= 0.6 is 12.6 Å². The maximum absolute atomic E-state index is 11.7. The number of carbonyl (C=O) groups is 2. The van der Waals surface area contributed by atoms with Gasteiger partial charge in [0, 0.05) is 12.2 Å². The molecule has 0 aromatic heterocycles. The first kappa shape index (κ1) is 26.0. The molecule has 0 aliphatic heterocycles. The molecule has 0 saturated carbocycles. The first-order chi connectivity index (χ1) is 13.6. The molecule has 3 N–H and O–H groups in total. The van der Waals surface area contributed by atoms with E-state index in [0.29, 0.717) is 6.42 Å². The smallest absolute Gasteiger partial charge is 0.240 e. The lowest BCUT2D eigenvalue weighted by molar-refractivity contribution is -0.126. The highest BCUT2D eigenvalue weighted by Gasteiger charge is 2.15. The molecule has 0 unspecified atom stereocenters. The van der Waals surface area contributed by atoms with Crippen LogP contribution in [0.4, 0.5) is 0 Å². The van der Waals surface area contributed by atoms with Crippen LogP contribution in [0.15, 0.2) is 60.8 Å². The third-order valence-corrected chi connectivity index (χ3v) is 4.16. The van der Waals surface area contributed by atoms with E-state index in [2.05, 4.69) is 85.6 Å². The molecule has 0 heterocycles. The van der Waals surface area contributed by atoms with Crippen molar-refractivity contribution in [3.05, 3.63) is 60.8 Å². The Morgan fingerprint density at radius 2 is 1.32 bits per heavy atom. The average Bonchev–Trinajstić information content (AvgIpc) is 2.68. The van der Waals surface area contributed by atoms with Gasteiger partial charge in [-0.15, -0.1) is 0 Å². The summed E-state index contributed by atoms with van der Waals surface area (Å²) in [6.45, 7) is 2.14. The van der Waals surface area contributed by atoms with Crippen LogP contribution in [0.3, 0.4) is 0 Å². The molecule has 0 aliphatic carbocycles. The van der Waals surface area contributed by atoms with Gasteiger partial charge in [0.2, 0.25) is 11.8 Å². The quantitative estimate of drug-likeness (QED) is 0.196. The summed E-state index contributed by atoms with van der Waals surface area (Å²) in [5, 5.41) is 2.58. The standard InChI is InChI=1S/C23H36N2O2S/c1-2-3-4-5-6-7-8-9-10-11-12-13-14-15-16-17-18-19-22(26)25-21(20-28)23(24)27/h3-4,6-7,9-10,12-13,15-16,21,28H,2,5,8,11,14,17-20H2,1H3,(H2,24,27)(H,25,26)/b4-3-,7-6-,10-9-,13-12-,16-15-/t21-/m0/s1. The number of nitrogens with one attached hydrogen (secondary N) is 1. The van der Waals surface area contributed by atoms with Crippen LogP contribution in [0, 0.1) is 0 Å². The van der Waals surface area contributed by atoms with Gasteiger partial charge in [-0.3, -0.25) is 9.59 Å². The normalized spacial score (nSPS) is 13.5. The molecule has 0 fully saturated rings. The molecule has 0 aromatic rings. The molecule has 0 aromatic carbocycles. The maximum Gasteiger partial charge on any atom is 0.240 e. The van der Waals surface area contributed by atoms with Crippen molar-refractivity contribution in [2.45, 2.75) is 64.3 Å². The topological polar surface area (TPSA) is 72.2 Å². The molecule has 0 rings (SSSR count). The van der Waals surface area contributed by atoms with Crippen molar-refractivity contribution < 1.29 is 9.59 Å². The summed E-state index contributed by atoms with van der Waals surface area (Å²) in [7, 11) is 0. The van der Waals surface area contributed by atoms with Gasteiger partial charge in [-0.2, -0.15) is 12.6 Å². The Morgan fingerprint density at radius 3 is 1.75 bits per heavy atom. The minimum absolute atomic E-state index is 0.162. The van der Waals surface area contributed by atoms with Gasteiger partial charge in [0.15, 0.2) is 0 Å². The van der Waals surface area contributed by atoms with Crippen molar-refractivity contribution in [2.24, 2.45) is 5.73 Å². The second-order valence-corrected chi connectivity index (χ2v) is 6.67. The van der Waals surface area contributed by atoms with E-state index in [1.54, 1.807) is 0 Å². The van der Waals surface area contributed by atoms with Gasteiger partial charge in [0.05, 0.1) is 0 Å². The van der Waals surface area contributed by atoms with Gasteiger partial charge in [-0.1, -0.05) is 67.7 Å². The molecular weight excluding hydrogens is 368 g/mol. The monoisotopic (exact) mass is 404 g/mol. The first-order valence-electron chi connectivity index (χ1n) is 10.1. The summed E-state index contributed by atoms with van der Waals surface area (Å²) in [5.41, 5.74) is 5.16. The van der Waals surface area contributed by atoms with Crippen molar-refractivity contribution in [1.29, 1.82) is 0 Å². The molecule has 0 spiro atoms. The van der Waals surface area contributed by atoms with Gasteiger partial charge in [-0.05, 0) is 44.9 Å². The van der Waals surface area contributed by atoms with E-state index in [0.717, 1.165) is 44.9 Å². The van der Waals surface area contributed by atoms with Crippen LogP contribution in [0.2, 0.25) is 0 Å². The number of thiol groups is 1. The van der Waals surface area contributed by atoms with Gasteiger partial charge in [-0.25, -0.2) is 0 Å². The summed E-state index contributed by atoms with van der Waals surface area (Å²) in [6, 6.07) is -0.690. The Kier molecular flexibility index (Phi) is 18.3. The van der Waals surface area contributed by atoms with Gasteiger partial charge >= 0.3 is 0 Å². The SMILES string of the molecule is CC/C=C\C/C=C\C/C=C\C/C=C\C/C=C\CCCC(=O)N[C@@H](CS)C(N)=O. The van der Waals surface area contributed by atoms with Crippen LogP contribution in [0.5, 0.6) is 0 Å². The molecule has 2 amide bonds. The summed E-state index contributed by atoms with van der Waals surface area (Å²) >= 11 is 3.99. The van der Waals surface area contributed by atoms with E-state index in [9.17, 15) is 9.59 Å². The van der Waals surface area contributed by atoms with E-state index in [1.165, 1.54) is 0 Å². The average molecular weight is 405 g/mol. The Bertz CT molecular complexity index is 563. The van der Waals surface area contributed by atoms with Crippen LogP contribution in [0.25, 0.3) is 0 Å². The number of hydrogen-bond donors (Lipinski definition) is 3. The predicted molar refractivity (Wildman–Crippen MR) is 123 cm³/mol. The second kappa shape index (κ2) is 19.7. The first-order valence-corrected chi connectivity index (χ1v) is 10.7. The molecule has 5 heteroatoms. The minimum Gasteiger partial charge on any atom is -0.368 e. The number of amides is 2. The third-order valence-electron chi connectivity index (χ3n) is 3.79. The number of allylic oxidation sites excluding steroid dienone is 10. The van der Waals surface area contributed by atoms with Crippen molar-refractivity contribution in [1.82, 2.24) is 5.32 Å². The fourth-order valence-corrected chi connectivity index (χ4v) is 2.49. The Hall–Kier alpha value is -2.01. The number of hydrogen-bond acceptors (Lipinski definition) is 3. The Balaban J connectivity index is 3.66. The van der Waals surface area contributed by atoms with Crippen molar-refractivity contribution in [3.8, 4) is 0 Å². The molecule has 4 nitrogen and oxygen atoms in total. The molecule has 0 bridgehead atoms. The highest BCUT2D eigenvalue weighted by Crippen LogP contribution is 2.00. The summed E-state index contributed by atoms with van der Waals surface area (Å²) in [5.74, 6) is -0.498. The van der Waals surface area contributed by atoms with E-state index < -0.39 is 11.9 Å². The number of nitrogens with two attached hydrogens (primary N) is 1. The van der Waals surface area contributed by atoms with Gasteiger partial charge < -0.3 is 11.1 Å². The third kappa shape index (κ3) is 17.4. The largest absolute Gasteiger partial charge is 0.368 e. The van der Waals surface area contributed by atoms with Crippen LogP contribution in [0.1, 0.15) is 58.3 Å². The molecule has 0 aliphatic rings. The zero-order valence-corrected chi connectivity index (χ0v) is 18.0. The maximum atomic E-state index is 11.7. The lowest BCUT2D eigenvalue weighted by Gasteiger charge is -2.12. The Morgan fingerprint density at radius 1 is 0.857 bits per heavy atom. The highest BCUT2D eigenvalue weighted by molar-refractivity contribution is 7.80. The second-order valence-electron chi connectivity index (χ2n) is 6.31. The lowest BCUT2D eigenvalue weighted by atomic mass is 10.2. The van der Waals surface area contributed by atoms with Crippen molar-refractivity contribution in [2.75, 3.05) is 5.75 Å².